The Hall–Kier alpha value is -2.94. The van der Waals surface area contributed by atoms with E-state index in [1.807, 2.05) is 42.5 Å². The van der Waals surface area contributed by atoms with E-state index in [2.05, 4.69) is 10.6 Å². The lowest BCUT2D eigenvalue weighted by Crippen LogP contribution is -2.53. The van der Waals surface area contributed by atoms with Crippen molar-refractivity contribution < 1.29 is 22.8 Å². The summed E-state index contributed by atoms with van der Waals surface area (Å²) in [4.78, 5) is 38.2. The average Bonchev–Trinajstić information content (AvgIpc) is 2.72. The van der Waals surface area contributed by atoms with Gasteiger partial charge in [0.05, 0.1) is 24.5 Å². The number of carbonyl (C=O) groups is 3. The van der Waals surface area contributed by atoms with Gasteiger partial charge in [0.25, 0.3) is 0 Å². The number of nitrogens with zero attached hydrogens (tertiary/aromatic N) is 1. The number of nitrogens with one attached hydrogen (secondary N) is 2. The number of rotatable bonds is 6. The molecule has 1 atom stereocenters. The number of hydrogen-bond donors (Lipinski definition) is 2. The first-order valence-electron chi connectivity index (χ1n) is 9.77. The minimum atomic E-state index is -3.08. The molecule has 1 aliphatic heterocycles. The molecule has 0 aliphatic carbocycles. The molecule has 30 heavy (non-hydrogen) atoms. The van der Waals surface area contributed by atoms with Crippen LogP contribution in [0.3, 0.4) is 0 Å². The first kappa shape index (κ1) is 21.8. The zero-order valence-electron chi connectivity index (χ0n) is 16.8. The van der Waals surface area contributed by atoms with E-state index >= 15 is 0 Å². The Morgan fingerprint density at radius 1 is 1.00 bits per heavy atom. The van der Waals surface area contributed by atoms with E-state index in [9.17, 15) is 22.8 Å². The molecule has 2 aromatic rings. The normalized spacial score (nSPS) is 16.6. The van der Waals surface area contributed by atoms with Crippen molar-refractivity contribution in [2.75, 3.05) is 31.1 Å². The SMILES string of the molecule is CC(NC(=O)CNC(=O)Cc1cccc2ccccc12)C(=O)N1CCS(=O)(=O)CC1. The van der Waals surface area contributed by atoms with Crippen molar-refractivity contribution in [1.29, 1.82) is 0 Å². The topological polar surface area (TPSA) is 113 Å². The van der Waals surface area contributed by atoms with Gasteiger partial charge in [0, 0.05) is 13.1 Å². The molecule has 2 aromatic carbocycles. The predicted octanol–water partition coefficient (Wildman–Crippen LogP) is 0.260. The summed E-state index contributed by atoms with van der Waals surface area (Å²) in [7, 11) is -3.08. The molecule has 0 bridgehead atoms. The van der Waals surface area contributed by atoms with E-state index in [1.54, 1.807) is 6.92 Å². The standard InChI is InChI=1S/C21H25N3O5S/c1-15(21(27)24-9-11-30(28,29)12-10-24)23-20(26)14-22-19(25)13-17-7-4-6-16-5-2-3-8-18(16)17/h2-8,15H,9-14H2,1H3,(H,22,25)(H,23,26). The van der Waals surface area contributed by atoms with Crippen LogP contribution in [-0.2, 0) is 30.6 Å². The Morgan fingerprint density at radius 3 is 2.40 bits per heavy atom. The molecular weight excluding hydrogens is 406 g/mol. The summed E-state index contributed by atoms with van der Waals surface area (Å²) in [6, 6.07) is 12.7. The highest BCUT2D eigenvalue weighted by atomic mass is 32.2. The molecule has 3 rings (SSSR count). The zero-order valence-corrected chi connectivity index (χ0v) is 17.6. The minimum Gasteiger partial charge on any atom is -0.347 e. The molecule has 1 unspecified atom stereocenters. The van der Waals surface area contributed by atoms with Gasteiger partial charge in [-0.15, -0.1) is 0 Å². The highest BCUT2D eigenvalue weighted by molar-refractivity contribution is 7.91. The number of hydrogen-bond acceptors (Lipinski definition) is 5. The van der Waals surface area contributed by atoms with Crippen molar-refractivity contribution in [3.05, 3.63) is 48.0 Å². The smallest absolute Gasteiger partial charge is 0.244 e. The van der Waals surface area contributed by atoms with Gasteiger partial charge in [0.1, 0.15) is 6.04 Å². The largest absolute Gasteiger partial charge is 0.347 e. The second-order valence-corrected chi connectivity index (χ2v) is 9.66. The van der Waals surface area contributed by atoms with E-state index in [4.69, 9.17) is 0 Å². The van der Waals surface area contributed by atoms with Crippen molar-refractivity contribution in [1.82, 2.24) is 15.5 Å². The Morgan fingerprint density at radius 2 is 1.67 bits per heavy atom. The molecule has 1 fully saturated rings. The lowest BCUT2D eigenvalue weighted by molar-refractivity contribution is -0.135. The van der Waals surface area contributed by atoms with Gasteiger partial charge in [-0.05, 0) is 23.3 Å². The summed E-state index contributed by atoms with van der Waals surface area (Å²) in [5.74, 6) is -1.23. The van der Waals surface area contributed by atoms with E-state index in [0.29, 0.717) is 0 Å². The number of sulfone groups is 1. The Labute approximate surface area is 175 Å². The van der Waals surface area contributed by atoms with Crippen LogP contribution in [0.4, 0.5) is 0 Å². The molecule has 0 aromatic heterocycles. The molecular formula is C21H25N3O5S. The second-order valence-electron chi connectivity index (χ2n) is 7.36. The molecule has 160 valence electrons. The summed E-state index contributed by atoms with van der Waals surface area (Å²) < 4.78 is 22.9. The Kier molecular flexibility index (Phi) is 6.71. The monoisotopic (exact) mass is 431 g/mol. The van der Waals surface area contributed by atoms with Gasteiger partial charge in [0.15, 0.2) is 9.84 Å². The lowest BCUT2D eigenvalue weighted by atomic mass is 10.0. The van der Waals surface area contributed by atoms with Gasteiger partial charge in [-0.1, -0.05) is 42.5 Å². The van der Waals surface area contributed by atoms with Gasteiger partial charge in [-0.3, -0.25) is 14.4 Å². The molecule has 0 spiro atoms. The van der Waals surface area contributed by atoms with E-state index < -0.39 is 21.8 Å². The van der Waals surface area contributed by atoms with Crippen LogP contribution in [0.1, 0.15) is 12.5 Å². The molecule has 9 heteroatoms. The van der Waals surface area contributed by atoms with E-state index in [1.165, 1.54) is 4.90 Å². The number of benzene rings is 2. The molecule has 0 saturated carbocycles. The minimum absolute atomic E-state index is 0.0658. The fourth-order valence-electron chi connectivity index (χ4n) is 3.42. The molecule has 1 heterocycles. The number of carbonyl (C=O) groups excluding carboxylic acids is 3. The second kappa shape index (κ2) is 9.25. The number of fused-ring (bicyclic) bond motifs is 1. The van der Waals surface area contributed by atoms with Crippen LogP contribution in [0.15, 0.2) is 42.5 Å². The van der Waals surface area contributed by atoms with E-state index in [-0.39, 0.29) is 49.4 Å². The van der Waals surface area contributed by atoms with Crippen molar-refractivity contribution in [2.24, 2.45) is 0 Å². The highest BCUT2D eigenvalue weighted by Gasteiger charge is 2.28. The molecule has 1 aliphatic rings. The summed E-state index contributed by atoms with van der Waals surface area (Å²) in [5.41, 5.74) is 0.870. The van der Waals surface area contributed by atoms with Crippen molar-refractivity contribution >= 4 is 38.3 Å². The first-order valence-corrected chi connectivity index (χ1v) is 11.6. The fraction of sp³-hybridized carbons (Fsp3) is 0.381. The van der Waals surface area contributed by atoms with Gasteiger partial charge >= 0.3 is 0 Å². The van der Waals surface area contributed by atoms with Crippen LogP contribution >= 0.6 is 0 Å². The zero-order chi connectivity index (χ0) is 21.7. The van der Waals surface area contributed by atoms with Crippen LogP contribution in [-0.4, -0.2) is 68.2 Å². The van der Waals surface area contributed by atoms with Crippen LogP contribution in [0, 0.1) is 0 Å². The quantitative estimate of drug-likeness (QED) is 0.681. The van der Waals surface area contributed by atoms with Crippen LogP contribution in [0.2, 0.25) is 0 Å². The summed E-state index contributed by atoms with van der Waals surface area (Å²) in [6.07, 6.45) is 0.144. The van der Waals surface area contributed by atoms with Gasteiger partial charge < -0.3 is 15.5 Å². The fourth-order valence-corrected chi connectivity index (χ4v) is 4.62. The number of amides is 3. The molecule has 0 radical (unpaired) electrons. The first-order chi connectivity index (χ1) is 14.2. The van der Waals surface area contributed by atoms with Crippen molar-refractivity contribution in [2.45, 2.75) is 19.4 Å². The third kappa shape index (κ3) is 5.56. The summed E-state index contributed by atoms with van der Waals surface area (Å²) in [5, 5.41) is 7.16. The summed E-state index contributed by atoms with van der Waals surface area (Å²) >= 11 is 0. The predicted molar refractivity (Wildman–Crippen MR) is 114 cm³/mol. The molecule has 2 N–H and O–H groups in total. The molecule has 8 nitrogen and oxygen atoms in total. The van der Waals surface area contributed by atoms with Crippen molar-refractivity contribution in [3.8, 4) is 0 Å². The summed E-state index contributed by atoms with van der Waals surface area (Å²) in [6.45, 7) is 1.56. The molecule has 3 amide bonds. The van der Waals surface area contributed by atoms with Gasteiger partial charge in [-0.2, -0.15) is 0 Å². The Bertz CT molecular complexity index is 1050. The third-order valence-corrected chi connectivity index (χ3v) is 6.69. The van der Waals surface area contributed by atoms with Gasteiger partial charge in [-0.25, -0.2) is 8.42 Å². The van der Waals surface area contributed by atoms with Gasteiger partial charge in [0.2, 0.25) is 17.7 Å². The maximum Gasteiger partial charge on any atom is 0.244 e. The Balaban J connectivity index is 1.47. The van der Waals surface area contributed by atoms with Crippen LogP contribution in [0.25, 0.3) is 10.8 Å². The average molecular weight is 432 g/mol. The highest BCUT2D eigenvalue weighted by Crippen LogP contribution is 2.18. The van der Waals surface area contributed by atoms with E-state index in [0.717, 1.165) is 16.3 Å². The van der Waals surface area contributed by atoms with Crippen LogP contribution in [0.5, 0.6) is 0 Å². The maximum absolute atomic E-state index is 12.4. The molecule has 1 saturated heterocycles. The lowest BCUT2D eigenvalue weighted by Gasteiger charge is -2.29. The van der Waals surface area contributed by atoms with Crippen LogP contribution < -0.4 is 10.6 Å². The third-order valence-electron chi connectivity index (χ3n) is 5.08. The van der Waals surface area contributed by atoms with Crippen molar-refractivity contribution in [3.63, 3.8) is 0 Å². The maximum atomic E-state index is 12.4.